The number of hydrogen-bond acceptors (Lipinski definition) is 2. The van der Waals surface area contributed by atoms with Crippen molar-refractivity contribution in [3.05, 3.63) is 34.9 Å². The van der Waals surface area contributed by atoms with Crippen molar-refractivity contribution < 1.29 is 13.2 Å². The molecule has 0 aliphatic heterocycles. The van der Waals surface area contributed by atoms with E-state index in [0.29, 0.717) is 0 Å². The zero-order valence-corrected chi connectivity index (χ0v) is 17.6. The average molecular weight is 401 g/mol. The molecule has 0 atom stereocenters. The lowest BCUT2D eigenvalue weighted by molar-refractivity contribution is -0.144. The highest BCUT2D eigenvalue weighted by Crippen LogP contribution is 2.44. The van der Waals surface area contributed by atoms with Crippen molar-refractivity contribution in [3.8, 4) is 0 Å². The Morgan fingerprint density at radius 3 is 1.61 bits per heavy atom. The Morgan fingerprint density at radius 2 is 1.25 bits per heavy atom. The number of aryl methyl sites for hydroxylation is 2. The third kappa shape index (κ3) is 5.39. The molecule has 1 aliphatic carbocycles. The fourth-order valence-electron chi connectivity index (χ4n) is 3.19. The van der Waals surface area contributed by atoms with E-state index in [1.165, 1.54) is 37.3 Å². The van der Waals surface area contributed by atoms with Crippen LogP contribution < -0.4 is 0 Å². The molecular formula is C21H35F3N4. The second-order valence-corrected chi connectivity index (χ2v) is 9.37. The molecule has 0 bridgehead atoms. The molecule has 0 spiro atoms. The second-order valence-electron chi connectivity index (χ2n) is 9.37. The van der Waals surface area contributed by atoms with Crippen molar-refractivity contribution in [2.75, 3.05) is 0 Å². The van der Waals surface area contributed by atoms with E-state index in [1.54, 1.807) is 20.8 Å². The van der Waals surface area contributed by atoms with Gasteiger partial charge in [-0.05, 0) is 29.2 Å². The summed E-state index contributed by atoms with van der Waals surface area (Å²) in [5, 5.41) is 8.01. The fourth-order valence-corrected chi connectivity index (χ4v) is 3.19. The molecule has 4 nitrogen and oxygen atoms in total. The number of alkyl halides is 3. The van der Waals surface area contributed by atoms with Gasteiger partial charge in [-0.15, -0.1) is 0 Å². The monoisotopic (exact) mass is 400 g/mol. The molecule has 0 radical (unpaired) electrons. The van der Waals surface area contributed by atoms with Crippen LogP contribution in [0.15, 0.2) is 12.4 Å². The van der Waals surface area contributed by atoms with Crippen LogP contribution in [-0.4, -0.2) is 19.6 Å². The lowest BCUT2D eigenvalue weighted by Crippen LogP contribution is -2.20. The molecule has 0 N–H and O–H groups in total. The third-order valence-corrected chi connectivity index (χ3v) is 4.77. The second kappa shape index (κ2) is 7.91. The normalized spacial score (nSPS) is 15.0. The van der Waals surface area contributed by atoms with Crippen LogP contribution in [0.5, 0.6) is 0 Å². The van der Waals surface area contributed by atoms with Gasteiger partial charge >= 0.3 is 6.18 Å². The summed E-state index contributed by atoms with van der Waals surface area (Å²) < 4.78 is 40.8. The quantitative estimate of drug-likeness (QED) is 0.591. The first kappa shape index (κ1) is 24.2. The molecule has 0 aromatic carbocycles. The first-order chi connectivity index (χ1) is 12.1. The van der Waals surface area contributed by atoms with Crippen LogP contribution >= 0.6 is 0 Å². The van der Waals surface area contributed by atoms with Crippen molar-refractivity contribution in [3.63, 3.8) is 0 Å². The van der Waals surface area contributed by atoms with Crippen LogP contribution in [0.1, 0.15) is 90.2 Å². The summed E-state index contributed by atoms with van der Waals surface area (Å²) in [6, 6.07) is 0. The zero-order valence-electron chi connectivity index (χ0n) is 17.6. The summed E-state index contributed by atoms with van der Waals surface area (Å²) in [6.45, 7) is 12.0. The summed E-state index contributed by atoms with van der Waals surface area (Å²) in [6.07, 6.45) is 1.68. The minimum atomic E-state index is -4.34. The molecule has 1 aliphatic rings. The molecule has 2 aromatic rings. The summed E-state index contributed by atoms with van der Waals surface area (Å²) in [5.41, 5.74) is 2.16. The molecule has 28 heavy (non-hydrogen) atoms. The number of aromatic nitrogens is 4. The van der Waals surface area contributed by atoms with E-state index in [-0.39, 0.29) is 18.4 Å². The maximum absolute atomic E-state index is 12.6. The highest BCUT2D eigenvalue weighted by Gasteiger charge is 2.40. The highest BCUT2D eigenvalue weighted by molar-refractivity contribution is 5.31. The standard InChI is InChI=1S/C11H18N2.C9H13F3N2.CH4/c1-11(2,3)9-7-12-13(4)10(9)8-5-6-8;1-8(2,3)6-5-13-14(4)7(6)9(10,11)12;/h7-8H,5-6H2,1-4H3;5H,1-4H3;1H4. The first-order valence-corrected chi connectivity index (χ1v) is 9.26. The van der Waals surface area contributed by atoms with Gasteiger partial charge in [0.05, 0.1) is 12.4 Å². The van der Waals surface area contributed by atoms with E-state index >= 15 is 0 Å². The van der Waals surface area contributed by atoms with Gasteiger partial charge < -0.3 is 0 Å². The van der Waals surface area contributed by atoms with Crippen LogP contribution in [0.25, 0.3) is 0 Å². The molecule has 160 valence electrons. The summed E-state index contributed by atoms with van der Waals surface area (Å²) in [4.78, 5) is 0. The van der Waals surface area contributed by atoms with E-state index in [1.807, 2.05) is 6.20 Å². The highest BCUT2D eigenvalue weighted by atomic mass is 19.4. The zero-order chi connectivity index (χ0) is 20.8. The molecule has 0 unspecified atom stereocenters. The van der Waals surface area contributed by atoms with Crippen molar-refractivity contribution >= 4 is 0 Å². The van der Waals surface area contributed by atoms with Gasteiger partial charge in [0.1, 0.15) is 5.69 Å². The van der Waals surface area contributed by atoms with Crippen LogP contribution in [0, 0.1) is 0 Å². The van der Waals surface area contributed by atoms with E-state index in [9.17, 15) is 13.2 Å². The SMILES string of the molecule is C.Cn1ncc(C(C)(C)C)c1C(F)(F)F.Cn1ncc(C(C)(C)C)c1C1CC1. The van der Waals surface area contributed by atoms with Crippen molar-refractivity contribution in [2.45, 2.75) is 84.7 Å². The molecule has 1 saturated carbocycles. The van der Waals surface area contributed by atoms with E-state index in [4.69, 9.17) is 0 Å². The van der Waals surface area contributed by atoms with E-state index < -0.39 is 17.3 Å². The van der Waals surface area contributed by atoms with Crippen LogP contribution in [-0.2, 0) is 31.1 Å². The van der Waals surface area contributed by atoms with Gasteiger partial charge in [-0.25, -0.2) is 0 Å². The molecule has 3 rings (SSSR count). The van der Waals surface area contributed by atoms with Gasteiger partial charge in [-0.1, -0.05) is 49.0 Å². The molecule has 1 fully saturated rings. The Morgan fingerprint density at radius 1 is 0.821 bits per heavy atom. The molecule has 2 aromatic heterocycles. The van der Waals surface area contributed by atoms with Crippen molar-refractivity contribution in [2.24, 2.45) is 14.1 Å². The maximum Gasteiger partial charge on any atom is 0.433 e. The lowest BCUT2D eigenvalue weighted by atomic mass is 9.86. The molecule has 0 saturated heterocycles. The molecular weight excluding hydrogens is 365 g/mol. The van der Waals surface area contributed by atoms with Crippen LogP contribution in [0.2, 0.25) is 0 Å². The van der Waals surface area contributed by atoms with E-state index in [0.717, 1.165) is 10.6 Å². The topological polar surface area (TPSA) is 35.6 Å². The number of nitrogens with zero attached hydrogens (tertiary/aromatic N) is 4. The Balaban J connectivity index is 0.000000271. The molecule has 2 heterocycles. The van der Waals surface area contributed by atoms with Crippen molar-refractivity contribution in [1.29, 1.82) is 0 Å². The van der Waals surface area contributed by atoms with Gasteiger partial charge in [0.15, 0.2) is 0 Å². The Kier molecular flexibility index (Phi) is 6.85. The van der Waals surface area contributed by atoms with Crippen molar-refractivity contribution in [1.82, 2.24) is 19.6 Å². The average Bonchev–Trinajstić information content (AvgIpc) is 3.08. The third-order valence-electron chi connectivity index (χ3n) is 4.77. The predicted octanol–water partition coefficient (Wildman–Crippen LogP) is 5.97. The summed E-state index contributed by atoms with van der Waals surface area (Å²) in [7, 11) is 3.36. The van der Waals surface area contributed by atoms with Gasteiger partial charge in [-0.2, -0.15) is 23.4 Å². The Labute approximate surface area is 167 Å². The van der Waals surface area contributed by atoms with Crippen LogP contribution in [0.3, 0.4) is 0 Å². The number of halogens is 3. The van der Waals surface area contributed by atoms with Gasteiger partial charge in [-0.3, -0.25) is 9.36 Å². The molecule has 7 heteroatoms. The predicted molar refractivity (Wildman–Crippen MR) is 108 cm³/mol. The number of hydrogen-bond donors (Lipinski definition) is 0. The summed E-state index contributed by atoms with van der Waals surface area (Å²) in [5.74, 6) is 0.793. The van der Waals surface area contributed by atoms with E-state index in [2.05, 4.69) is 42.7 Å². The van der Waals surface area contributed by atoms with Gasteiger partial charge in [0.25, 0.3) is 0 Å². The fraction of sp³-hybridized carbons (Fsp3) is 0.714. The Hall–Kier alpha value is -1.79. The lowest BCUT2D eigenvalue weighted by Gasteiger charge is -2.20. The largest absolute Gasteiger partial charge is 0.433 e. The first-order valence-electron chi connectivity index (χ1n) is 9.26. The minimum Gasteiger partial charge on any atom is -0.272 e. The van der Waals surface area contributed by atoms with Gasteiger partial charge in [0, 0.05) is 31.3 Å². The van der Waals surface area contributed by atoms with Gasteiger partial charge in [0.2, 0.25) is 0 Å². The Bertz CT molecular complexity index is 782. The maximum atomic E-state index is 12.6. The minimum absolute atomic E-state index is 0. The van der Waals surface area contributed by atoms with Crippen LogP contribution in [0.4, 0.5) is 13.2 Å². The molecule has 0 amide bonds. The summed E-state index contributed by atoms with van der Waals surface area (Å²) >= 11 is 0. The smallest absolute Gasteiger partial charge is 0.272 e. The number of rotatable bonds is 1.